The summed E-state index contributed by atoms with van der Waals surface area (Å²) in [5.74, 6) is 1.12. The highest BCUT2D eigenvalue weighted by Gasteiger charge is 2.25. The second kappa shape index (κ2) is 9.63. The van der Waals surface area contributed by atoms with Gasteiger partial charge in [0, 0.05) is 61.6 Å². The van der Waals surface area contributed by atoms with E-state index in [-0.39, 0.29) is 11.8 Å². The summed E-state index contributed by atoms with van der Waals surface area (Å²) in [5, 5.41) is 2.36. The number of carbonyl (C=O) groups is 1. The highest BCUT2D eigenvalue weighted by molar-refractivity contribution is 5.95. The molecule has 1 amide bonds. The molecule has 0 radical (unpaired) electrons. The molecular formula is C25H28N4O3. The summed E-state index contributed by atoms with van der Waals surface area (Å²) in [6.45, 7) is 5.46. The van der Waals surface area contributed by atoms with Crippen LogP contribution in [0.15, 0.2) is 55.0 Å². The number of rotatable bonds is 4. The molecule has 2 saturated heterocycles. The second-order valence-corrected chi connectivity index (χ2v) is 8.41. The molecule has 0 N–H and O–H groups in total. The topological polar surface area (TPSA) is 67.8 Å². The molecule has 0 aliphatic carbocycles. The molecule has 1 atom stereocenters. The van der Waals surface area contributed by atoms with Crippen molar-refractivity contribution in [3.8, 4) is 0 Å². The van der Waals surface area contributed by atoms with Gasteiger partial charge in [0.25, 0.3) is 5.91 Å². The Hall–Kier alpha value is -3.03. The molecule has 3 aromatic rings. The smallest absolute Gasteiger partial charge is 0.254 e. The molecule has 4 heterocycles. The lowest BCUT2D eigenvalue weighted by atomic mass is 9.95. The van der Waals surface area contributed by atoms with Crippen molar-refractivity contribution in [2.24, 2.45) is 5.92 Å². The minimum atomic E-state index is 0.0412. The third kappa shape index (κ3) is 4.59. The molecule has 0 saturated carbocycles. The van der Waals surface area contributed by atoms with E-state index in [9.17, 15) is 4.79 Å². The van der Waals surface area contributed by atoms with E-state index >= 15 is 0 Å². The van der Waals surface area contributed by atoms with Crippen LogP contribution in [0, 0.1) is 5.92 Å². The van der Waals surface area contributed by atoms with Gasteiger partial charge in [-0.15, -0.1) is 0 Å². The first-order valence-electron chi connectivity index (χ1n) is 11.3. The predicted octanol–water partition coefficient (Wildman–Crippen LogP) is 2.80. The van der Waals surface area contributed by atoms with Crippen LogP contribution >= 0.6 is 0 Å². The number of pyridine rings is 2. The first-order chi connectivity index (χ1) is 15.8. The molecule has 2 fully saturated rings. The van der Waals surface area contributed by atoms with Crippen molar-refractivity contribution < 1.29 is 14.3 Å². The molecule has 0 unspecified atom stereocenters. The van der Waals surface area contributed by atoms with Gasteiger partial charge in [-0.3, -0.25) is 9.78 Å². The predicted molar refractivity (Wildman–Crippen MR) is 123 cm³/mol. The molecule has 1 aromatic carbocycles. The van der Waals surface area contributed by atoms with Crippen molar-refractivity contribution in [2.45, 2.75) is 6.42 Å². The van der Waals surface area contributed by atoms with Crippen molar-refractivity contribution in [1.29, 1.82) is 0 Å². The quantitative estimate of drug-likeness (QED) is 0.632. The summed E-state index contributed by atoms with van der Waals surface area (Å²) in [7, 11) is 0. The zero-order valence-electron chi connectivity index (χ0n) is 18.2. The molecule has 166 valence electrons. The van der Waals surface area contributed by atoms with Gasteiger partial charge < -0.3 is 19.3 Å². The highest BCUT2D eigenvalue weighted by Crippen LogP contribution is 2.23. The SMILES string of the molecule is O=C(c1ccnc(N2CCOCC2)c1)N1CCOC[C@@H](Cc2cccc3cnccc23)C1. The minimum Gasteiger partial charge on any atom is -0.379 e. The number of amides is 1. The number of hydrogen-bond donors (Lipinski definition) is 0. The summed E-state index contributed by atoms with van der Waals surface area (Å²) in [5.41, 5.74) is 1.95. The van der Waals surface area contributed by atoms with Gasteiger partial charge in [-0.2, -0.15) is 0 Å². The monoisotopic (exact) mass is 432 g/mol. The van der Waals surface area contributed by atoms with Gasteiger partial charge >= 0.3 is 0 Å². The number of carbonyl (C=O) groups excluding carboxylic acids is 1. The fourth-order valence-corrected chi connectivity index (χ4v) is 4.57. The zero-order valence-corrected chi connectivity index (χ0v) is 18.2. The Balaban J connectivity index is 1.32. The van der Waals surface area contributed by atoms with Crippen LogP contribution in [0.4, 0.5) is 5.82 Å². The molecule has 2 aliphatic rings. The summed E-state index contributed by atoms with van der Waals surface area (Å²) >= 11 is 0. The number of nitrogens with zero attached hydrogens (tertiary/aromatic N) is 4. The van der Waals surface area contributed by atoms with Crippen LogP contribution in [-0.2, 0) is 15.9 Å². The van der Waals surface area contributed by atoms with Crippen molar-refractivity contribution in [2.75, 3.05) is 57.5 Å². The number of aromatic nitrogens is 2. The van der Waals surface area contributed by atoms with Crippen LogP contribution in [0.1, 0.15) is 15.9 Å². The lowest BCUT2D eigenvalue weighted by Crippen LogP contribution is -2.38. The van der Waals surface area contributed by atoms with Crippen LogP contribution in [0.3, 0.4) is 0 Å². The van der Waals surface area contributed by atoms with Gasteiger partial charge in [-0.25, -0.2) is 4.98 Å². The third-order valence-corrected chi connectivity index (χ3v) is 6.23. The van der Waals surface area contributed by atoms with Crippen LogP contribution in [0.5, 0.6) is 0 Å². The van der Waals surface area contributed by atoms with E-state index < -0.39 is 0 Å². The van der Waals surface area contributed by atoms with E-state index in [0.717, 1.165) is 30.7 Å². The Morgan fingerprint density at radius 3 is 2.81 bits per heavy atom. The summed E-state index contributed by atoms with van der Waals surface area (Å²) < 4.78 is 11.3. The molecule has 7 heteroatoms. The van der Waals surface area contributed by atoms with E-state index in [2.05, 4.69) is 39.1 Å². The summed E-state index contributed by atoms with van der Waals surface area (Å²) in [6.07, 6.45) is 6.32. The van der Waals surface area contributed by atoms with Crippen LogP contribution < -0.4 is 4.90 Å². The number of fused-ring (bicyclic) bond motifs is 1. The molecule has 2 aliphatic heterocycles. The molecule has 2 aromatic heterocycles. The fraction of sp³-hybridized carbons (Fsp3) is 0.400. The van der Waals surface area contributed by atoms with Crippen molar-refractivity contribution in [3.63, 3.8) is 0 Å². The second-order valence-electron chi connectivity index (χ2n) is 8.41. The third-order valence-electron chi connectivity index (χ3n) is 6.23. The van der Waals surface area contributed by atoms with Gasteiger partial charge in [-0.1, -0.05) is 18.2 Å². The number of ether oxygens (including phenoxy) is 2. The summed E-state index contributed by atoms with van der Waals surface area (Å²) in [6, 6.07) is 12.1. The molecule has 0 spiro atoms. The molecule has 5 rings (SSSR count). The lowest BCUT2D eigenvalue weighted by molar-refractivity contribution is 0.0737. The number of morpholine rings is 1. The average molecular weight is 433 g/mol. The first kappa shape index (κ1) is 20.8. The van der Waals surface area contributed by atoms with E-state index in [0.29, 0.717) is 45.1 Å². The van der Waals surface area contributed by atoms with Gasteiger partial charge in [0.15, 0.2) is 0 Å². The number of benzene rings is 1. The van der Waals surface area contributed by atoms with Crippen LogP contribution in [0.2, 0.25) is 0 Å². The van der Waals surface area contributed by atoms with Gasteiger partial charge in [0.1, 0.15) is 5.82 Å². The minimum absolute atomic E-state index is 0.0412. The number of anilines is 1. The van der Waals surface area contributed by atoms with Gasteiger partial charge in [-0.05, 0) is 35.6 Å². The van der Waals surface area contributed by atoms with Crippen LogP contribution in [-0.4, -0.2) is 73.4 Å². The van der Waals surface area contributed by atoms with E-state index in [1.807, 2.05) is 29.4 Å². The largest absolute Gasteiger partial charge is 0.379 e. The molecule has 7 nitrogen and oxygen atoms in total. The fourth-order valence-electron chi connectivity index (χ4n) is 4.57. The van der Waals surface area contributed by atoms with Gasteiger partial charge in [0.2, 0.25) is 0 Å². The highest BCUT2D eigenvalue weighted by atomic mass is 16.5. The maximum Gasteiger partial charge on any atom is 0.254 e. The first-order valence-corrected chi connectivity index (χ1v) is 11.3. The molecular weight excluding hydrogens is 404 g/mol. The van der Waals surface area contributed by atoms with Crippen molar-refractivity contribution in [1.82, 2.24) is 14.9 Å². The van der Waals surface area contributed by atoms with E-state index in [4.69, 9.17) is 9.47 Å². The Labute approximate surface area is 188 Å². The van der Waals surface area contributed by atoms with Crippen LogP contribution in [0.25, 0.3) is 10.8 Å². The van der Waals surface area contributed by atoms with E-state index in [1.54, 1.807) is 6.20 Å². The Morgan fingerprint density at radius 1 is 1.03 bits per heavy atom. The maximum atomic E-state index is 13.4. The average Bonchev–Trinajstić information content (AvgIpc) is 3.10. The van der Waals surface area contributed by atoms with E-state index in [1.165, 1.54) is 10.9 Å². The lowest BCUT2D eigenvalue weighted by Gasteiger charge is -2.28. The Morgan fingerprint density at radius 2 is 1.91 bits per heavy atom. The van der Waals surface area contributed by atoms with Gasteiger partial charge in [0.05, 0.1) is 26.4 Å². The summed E-state index contributed by atoms with van der Waals surface area (Å²) in [4.78, 5) is 26.2. The Bertz CT molecular complexity index is 1080. The van der Waals surface area contributed by atoms with Crippen molar-refractivity contribution in [3.05, 3.63) is 66.1 Å². The van der Waals surface area contributed by atoms with Crippen molar-refractivity contribution >= 4 is 22.5 Å². The standard InChI is InChI=1S/C25H28N4O3/c30-25(21-4-7-27-24(15-21)28-8-11-31-12-9-28)29-10-13-32-18-19(17-29)14-20-2-1-3-22-16-26-6-5-23(20)22/h1-7,15-16,19H,8-14,17-18H2/t19-/m0/s1. The zero-order chi connectivity index (χ0) is 21.8. The molecule has 32 heavy (non-hydrogen) atoms. The number of hydrogen-bond acceptors (Lipinski definition) is 6. The molecule has 0 bridgehead atoms. The maximum absolute atomic E-state index is 13.4. The normalized spacial score (nSPS) is 19.7. The Kier molecular flexibility index (Phi) is 6.27.